The van der Waals surface area contributed by atoms with Crippen LogP contribution in [0.4, 0.5) is 10.6 Å². The van der Waals surface area contributed by atoms with Gasteiger partial charge < -0.3 is 10.4 Å². The summed E-state index contributed by atoms with van der Waals surface area (Å²) in [5.74, 6) is 1.14. The highest BCUT2D eigenvalue weighted by Crippen LogP contribution is 2.39. The Kier molecular flexibility index (Phi) is 4.81. The molecule has 3 rings (SSSR count). The van der Waals surface area contributed by atoms with Crippen molar-refractivity contribution in [2.75, 3.05) is 5.32 Å². The molecular weight excluding hydrogens is 302 g/mol. The molecular formula is C19H23N3O2. The van der Waals surface area contributed by atoms with Gasteiger partial charge in [-0.05, 0) is 61.1 Å². The highest BCUT2D eigenvalue weighted by atomic mass is 16.3. The number of carbonyl (C=O) groups excluding carboxylic acids is 1. The lowest BCUT2D eigenvalue weighted by Crippen LogP contribution is -2.29. The van der Waals surface area contributed by atoms with Crippen LogP contribution in [0.15, 0.2) is 30.3 Å². The zero-order chi connectivity index (χ0) is 17.1. The molecule has 0 aliphatic heterocycles. The van der Waals surface area contributed by atoms with Crippen molar-refractivity contribution >= 4 is 11.8 Å². The Morgan fingerprint density at radius 3 is 2.58 bits per heavy atom. The summed E-state index contributed by atoms with van der Waals surface area (Å²) in [6, 6.07) is 9.37. The first-order valence-electron chi connectivity index (χ1n) is 8.28. The van der Waals surface area contributed by atoms with Crippen molar-refractivity contribution in [2.45, 2.75) is 45.8 Å². The maximum Gasteiger partial charge on any atom is 0.320 e. The average molecular weight is 325 g/mol. The van der Waals surface area contributed by atoms with Crippen LogP contribution >= 0.6 is 0 Å². The number of benzene rings is 1. The fourth-order valence-corrected chi connectivity index (χ4v) is 2.91. The molecule has 126 valence electrons. The van der Waals surface area contributed by atoms with Crippen molar-refractivity contribution in [3.63, 3.8) is 0 Å². The second-order valence-corrected chi connectivity index (χ2v) is 6.40. The van der Waals surface area contributed by atoms with Crippen LogP contribution in [0.25, 0.3) is 0 Å². The Hall–Kier alpha value is -2.40. The SMILES string of the molecule is Cc1cc(CO)cc(C)c1CNC(=O)Nc1cccc(C2CC2)n1. The van der Waals surface area contributed by atoms with Gasteiger partial charge in [0.2, 0.25) is 0 Å². The number of nitrogens with one attached hydrogen (secondary N) is 2. The summed E-state index contributed by atoms with van der Waals surface area (Å²) in [6.07, 6.45) is 2.37. The Bertz CT molecular complexity index is 731. The maximum absolute atomic E-state index is 12.1. The van der Waals surface area contributed by atoms with Gasteiger partial charge in [0.05, 0.1) is 6.61 Å². The van der Waals surface area contributed by atoms with Crippen molar-refractivity contribution in [1.82, 2.24) is 10.3 Å². The zero-order valence-corrected chi connectivity index (χ0v) is 14.1. The summed E-state index contributed by atoms with van der Waals surface area (Å²) >= 11 is 0. The third-order valence-electron chi connectivity index (χ3n) is 4.37. The number of carbonyl (C=O) groups is 1. The molecule has 2 aromatic rings. The van der Waals surface area contributed by atoms with Crippen LogP contribution < -0.4 is 10.6 Å². The van der Waals surface area contributed by atoms with E-state index in [-0.39, 0.29) is 12.6 Å². The number of hydrogen-bond acceptors (Lipinski definition) is 3. The van der Waals surface area contributed by atoms with Gasteiger partial charge in [0.15, 0.2) is 0 Å². The number of nitrogens with zero attached hydrogens (tertiary/aromatic N) is 1. The molecule has 0 saturated heterocycles. The standard InChI is InChI=1S/C19H23N3O2/c1-12-8-14(11-23)9-13(2)16(12)10-20-19(24)22-18-5-3-4-17(21-18)15-6-7-15/h3-5,8-9,15,23H,6-7,10-11H2,1-2H3,(H2,20,21,22,24). The van der Waals surface area contributed by atoms with Crippen molar-refractivity contribution in [1.29, 1.82) is 0 Å². The molecule has 24 heavy (non-hydrogen) atoms. The van der Waals surface area contributed by atoms with Crippen LogP contribution in [0.1, 0.15) is 46.7 Å². The lowest BCUT2D eigenvalue weighted by molar-refractivity contribution is 0.251. The normalized spacial score (nSPS) is 13.6. The third kappa shape index (κ3) is 3.92. The monoisotopic (exact) mass is 325 g/mol. The first kappa shape index (κ1) is 16.5. The molecule has 1 heterocycles. The molecule has 0 spiro atoms. The van der Waals surface area contributed by atoms with E-state index in [1.807, 2.05) is 38.1 Å². The van der Waals surface area contributed by atoms with Crippen LogP contribution in [0, 0.1) is 13.8 Å². The predicted octanol–water partition coefficient (Wildman–Crippen LogP) is 3.39. The van der Waals surface area contributed by atoms with Crippen LogP contribution in [-0.4, -0.2) is 16.1 Å². The van der Waals surface area contributed by atoms with Crippen LogP contribution in [0.3, 0.4) is 0 Å². The fourth-order valence-electron chi connectivity index (χ4n) is 2.91. The molecule has 3 N–H and O–H groups in total. The van der Waals surface area contributed by atoms with Gasteiger partial charge in [-0.15, -0.1) is 0 Å². The first-order chi connectivity index (χ1) is 11.6. The van der Waals surface area contributed by atoms with E-state index < -0.39 is 0 Å². The average Bonchev–Trinajstić information content (AvgIpc) is 3.39. The molecule has 0 unspecified atom stereocenters. The minimum Gasteiger partial charge on any atom is -0.392 e. The highest BCUT2D eigenvalue weighted by molar-refractivity contribution is 5.88. The summed E-state index contributed by atoms with van der Waals surface area (Å²) in [5.41, 5.74) is 5.14. The second-order valence-electron chi connectivity index (χ2n) is 6.40. The Morgan fingerprint density at radius 2 is 1.96 bits per heavy atom. The summed E-state index contributed by atoms with van der Waals surface area (Å²) in [5, 5.41) is 14.9. The summed E-state index contributed by atoms with van der Waals surface area (Å²) in [6.45, 7) is 4.44. The quantitative estimate of drug-likeness (QED) is 0.789. The first-order valence-corrected chi connectivity index (χ1v) is 8.28. The zero-order valence-electron chi connectivity index (χ0n) is 14.1. The molecule has 5 heteroatoms. The topological polar surface area (TPSA) is 74.2 Å². The van der Waals surface area contributed by atoms with Gasteiger partial charge in [-0.25, -0.2) is 9.78 Å². The number of aliphatic hydroxyl groups excluding tert-OH is 1. The van der Waals surface area contributed by atoms with E-state index in [1.54, 1.807) is 6.07 Å². The van der Waals surface area contributed by atoms with Crippen molar-refractivity contribution < 1.29 is 9.90 Å². The fraction of sp³-hybridized carbons (Fsp3) is 0.368. The lowest BCUT2D eigenvalue weighted by Gasteiger charge is -2.13. The van der Waals surface area contributed by atoms with Gasteiger partial charge in [0, 0.05) is 18.2 Å². The number of pyridine rings is 1. The van der Waals surface area contributed by atoms with E-state index in [2.05, 4.69) is 15.6 Å². The van der Waals surface area contributed by atoms with Gasteiger partial charge in [-0.1, -0.05) is 18.2 Å². The van der Waals surface area contributed by atoms with E-state index in [1.165, 1.54) is 12.8 Å². The minimum atomic E-state index is -0.263. The molecule has 1 saturated carbocycles. The minimum absolute atomic E-state index is 0.0267. The molecule has 0 atom stereocenters. The molecule has 0 radical (unpaired) electrons. The summed E-state index contributed by atoms with van der Waals surface area (Å²) in [4.78, 5) is 16.6. The molecule has 1 aliphatic carbocycles. The number of amides is 2. The van der Waals surface area contributed by atoms with Crippen molar-refractivity contribution in [2.24, 2.45) is 0 Å². The van der Waals surface area contributed by atoms with Gasteiger partial charge >= 0.3 is 6.03 Å². The third-order valence-corrected chi connectivity index (χ3v) is 4.37. The summed E-state index contributed by atoms with van der Waals surface area (Å²) in [7, 11) is 0. The Balaban J connectivity index is 1.60. The number of rotatable bonds is 5. The number of aryl methyl sites for hydroxylation is 2. The van der Waals surface area contributed by atoms with Crippen molar-refractivity contribution in [3.8, 4) is 0 Å². The number of anilines is 1. The van der Waals surface area contributed by atoms with Crippen LogP contribution in [0.2, 0.25) is 0 Å². The van der Waals surface area contributed by atoms with E-state index in [4.69, 9.17) is 0 Å². The van der Waals surface area contributed by atoms with Gasteiger partial charge in [-0.2, -0.15) is 0 Å². The molecule has 1 aromatic heterocycles. The number of hydrogen-bond donors (Lipinski definition) is 3. The largest absolute Gasteiger partial charge is 0.392 e. The number of aliphatic hydroxyl groups is 1. The second kappa shape index (κ2) is 7.01. The van der Waals surface area contributed by atoms with E-state index in [9.17, 15) is 9.90 Å². The highest BCUT2D eigenvalue weighted by Gasteiger charge is 2.25. The molecule has 1 aliphatic rings. The van der Waals surface area contributed by atoms with E-state index >= 15 is 0 Å². The lowest BCUT2D eigenvalue weighted by atomic mass is 9.99. The molecule has 2 amide bonds. The predicted molar refractivity (Wildman–Crippen MR) is 93.9 cm³/mol. The Morgan fingerprint density at radius 1 is 1.25 bits per heavy atom. The van der Waals surface area contributed by atoms with E-state index in [0.29, 0.717) is 18.3 Å². The van der Waals surface area contributed by atoms with Crippen molar-refractivity contribution in [3.05, 3.63) is 58.3 Å². The van der Waals surface area contributed by atoms with Gasteiger partial charge in [0.25, 0.3) is 0 Å². The molecule has 1 fully saturated rings. The molecule has 1 aromatic carbocycles. The Labute approximate surface area is 142 Å². The molecule has 0 bridgehead atoms. The van der Waals surface area contributed by atoms with Gasteiger partial charge in [0.1, 0.15) is 5.82 Å². The van der Waals surface area contributed by atoms with E-state index in [0.717, 1.165) is 27.9 Å². The van der Waals surface area contributed by atoms with Crippen LogP contribution in [-0.2, 0) is 13.2 Å². The molecule has 5 nitrogen and oxygen atoms in total. The maximum atomic E-state index is 12.1. The van der Waals surface area contributed by atoms with Gasteiger partial charge in [-0.3, -0.25) is 5.32 Å². The smallest absolute Gasteiger partial charge is 0.320 e. The van der Waals surface area contributed by atoms with Crippen LogP contribution in [0.5, 0.6) is 0 Å². The number of urea groups is 1. The summed E-state index contributed by atoms with van der Waals surface area (Å²) < 4.78 is 0. The number of aromatic nitrogens is 1.